The summed E-state index contributed by atoms with van der Waals surface area (Å²) in [7, 11) is 0.404. The lowest BCUT2D eigenvalue weighted by molar-refractivity contribution is 0.269. The molecule has 0 saturated heterocycles. The normalized spacial score (nSPS) is 20.8. The summed E-state index contributed by atoms with van der Waals surface area (Å²) in [5.41, 5.74) is 0.933. The number of sulfonamides is 1. The van der Waals surface area contributed by atoms with Crippen LogP contribution in [0.3, 0.4) is 0 Å². The van der Waals surface area contributed by atoms with Gasteiger partial charge in [-0.1, -0.05) is 35.5 Å². The largest absolute Gasteiger partial charge is 0.324 e. The summed E-state index contributed by atoms with van der Waals surface area (Å²) >= 11 is 0. The van der Waals surface area contributed by atoms with E-state index in [1.807, 2.05) is 37.4 Å². The van der Waals surface area contributed by atoms with Crippen LogP contribution in [0, 0.1) is 5.92 Å². The monoisotopic (exact) mass is 420 g/mol. The van der Waals surface area contributed by atoms with Crippen molar-refractivity contribution in [1.29, 1.82) is 0 Å². The van der Waals surface area contributed by atoms with Crippen LogP contribution in [0.25, 0.3) is 11.4 Å². The Labute approximate surface area is 174 Å². The molecule has 0 radical (unpaired) electrons. The lowest BCUT2D eigenvalue weighted by Gasteiger charge is -2.36. The van der Waals surface area contributed by atoms with E-state index < -0.39 is 14.8 Å². The minimum atomic E-state index is -3.28. The number of hydrogen-bond acceptors (Lipinski definition) is 6. The van der Waals surface area contributed by atoms with Crippen molar-refractivity contribution in [3.63, 3.8) is 0 Å². The van der Waals surface area contributed by atoms with Crippen molar-refractivity contribution in [2.24, 2.45) is 5.92 Å². The van der Waals surface area contributed by atoms with Crippen molar-refractivity contribution in [2.45, 2.75) is 57.2 Å². The van der Waals surface area contributed by atoms with Crippen LogP contribution in [-0.2, 0) is 10.0 Å². The minimum Gasteiger partial charge on any atom is -0.324 e. The molecule has 3 rings (SSSR count). The number of aromatic nitrogens is 2. The molecular weight excluding hydrogens is 388 g/mol. The molecule has 1 aromatic carbocycles. The second-order valence-corrected chi connectivity index (χ2v) is 11.7. The van der Waals surface area contributed by atoms with Gasteiger partial charge in [0.15, 0.2) is 0 Å². The highest BCUT2D eigenvalue weighted by Gasteiger charge is 2.35. The van der Waals surface area contributed by atoms with Gasteiger partial charge in [0.2, 0.25) is 15.8 Å². The molecule has 160 valence electrons. The molecule has 1 fully saturated rings. The van der Waals surface area contributed by atoms with Crippen LogP contribution in [0.15, 0.2) is 34.9 Å². The molecule has 1 saturated carbocycles. The van der Waals surface area contributed by atoms with E-state index in [2.05, 4.69) is 15.0 Å². The fourth-order valence-corrected chi connectivity index (χ4v) is 5.21. The van der Waals surface area contributed by atoms with E-state index in [4.69, 9.17) is 4.52 Å². The van der Waals surface area contributed by atoms with Gasteiger partial charge in [0.05, 0.1) is 4.75 Å². The van der Waals surface area contributed by atoms with Crippen LogP contribution in [0.2, 0.25) is 0 Å². The van der Waals surface area contributed by atoms with Crippen molar-refractivity contribution in [2.75, 3.05) is 25.5 Å². The molecule has 0 unspecified atom stereocenters. The van der Waals surface area contributed by atoms with Crippen LogP contribution in [-0.4, -0.2) is 54.3 Å². The standard InChI is InChI=1S/C21H32N4O3S/c1-21(2,3)29(26,27)24(4)15-16-11-13-18(14-12-16)25(5)20-22-19(23-28-20)17-9-7-6-8-10-17/h6-10,16,18H,11-15H2,1-5H3. The van der Waals surface area contributed by atoms with Crippen molar-refractivity contribution in [3.05, 3.63) is 30.3 Å². The summed E-state index contributed by atoms with van der Waals surface area (Å²) in [4.78, 5) is 6.60. The van der Waals surface area contributed by atoms with Crippen LogP contribution in [0.4, 0.5) is 6.01 Å². The second-order valence-electron chi connectivity index (χ2n) is 8.95. The quantitative estimate of drug-likeness (QED) is 0.707. The molecule has 0 aliphatic heterocycles. The first-order chi connectivity index (χ1) is 13.6. The zero-order valence-electron chi connectivity index (χ0n) is 18.0. The average Bonchev–Trinajstić information content (AvgIpc) is 3.18. The van der Waals surface area contributed by atoms with E-state index in [-0.39, 0.29) is 0 Å². The SMILES string of the molecule is CN(c1nc(-c2ccccc2)no1)C1CCC(CN(C)S(=O)(=O)C(C)(C)C)CC1. The first-order valence-corrected chi connectivity index (χ1v) is 11.6. The Morgan fingerprint density at radius 3 is 2.28 bits per heavy atom. The second kappa shape index (κ2) is 8.44. The summed E-state index contributed by atoms with van der Waals surface area (Å²) in [6.07, 6.45) is 3.93. The fourth-order valence-electron chi connectivity index (χ4n) is 3.86. The fraction of sp³-hybridized carbons (Fsp3) is 0.619. The third kappa shape index (κ3) is 4.80. The zero-order chi connectivity index (χ0) is 21.2. The van der Waals surface area contributed by atoms with E-state index in [1.54, 1.807) is 27.8 Å². The van der Waals surface area contributed by atoms with Crippen LogP contribution >= 0.6 is 0 Å². The maximum atomic E-state index is 12.6. The molecule has 8 heteroatoms. The molecule has 29 heavy (non-hydrogen) atoms. The van der Waals surface area contributed by atoms with E-state index >= 15 is 0 Å². The van der Waals surface area contributed by atoms with Crippen molar-refractivity contribution >= 4 is 16.0 Å². The first-order valence-electron chi connectivity index (χ1n) is 10.2. The third-order valence-corrected chi connectivity index (χ3v) is 8.33. The van der Waals surface area contributed by atoms with Crippen molar-refractivity contribution < 1.29 is 12.9 Å². The van der Waals surface area contributed by atoms with Crippen LogP contribution in [0.1, 0.15) is 46.5 Å². The predicted molar refractivity (Wildman–Crippen MR) is 115 cm³/mol. The summed E-state index contributed by atoms with van der Waals surface area (Å²) in [6, 6.07) is 10.6. The topological polar surface area (TPSA) is 79.5 Å². The summed E-state index contributed by atoms with van der Waals surface area (Å²) in [5.74, 6) is 0.972. The van der Waals surface area contributed by atoms with E-state index in [9.17, 15) is 8.42 Å². The summed E-state index contributed by atoms with van der Waals surface area (Å²) < 4.78 is 31.4. The zero-order valence-corrected chi connectivity index (χ0v) is 18.8. The Hall–Kier alpha value is -1.93. The number of nitrogens with zero attached hydrogens (tertiary/aromatic N) is 4. The summed E-state index contributed by atoms with van der Waals surface area (Å²) in [5, 5.41) is 4.11. The lowest BCUT2D eigenvalue weighted by Crippen LogP contribution is -2.44. The number of hydrogen-bond donors (Lipinski definition) is 0. The Balaban J connectivity index is 1.56. The van der Waals surface area contributed by atoms with Gasteiger partial charge in [-0.15, -0.1) is 0 Å². The molecule has 0 N–H and O–H groups in total. The molecule has 7 nitrogen and oxygen atoms in total. The van der Waals surface area contributed by atoms with Gasteiger partial charge >= 0.3 is 6.01 Å². The molecule has 0 atom stereocenters. The predicted octanol–water partition coefficient (Wildman–Crippen LogP) is 3.79. The minimum absolute atomic E-state index is 0.319. The maximum absolute atomic E-state index is 12.6. The van der Waals surface area contributed by atoms with Crippen LogP contribution < -0.4 is 4.90 Å². The molecule has 0 bridgehead atoms. The Morgan fingerprint density at radius 1 is 1.07 bits per heavy atom. The van der Waals surface area contributed by atoms with Crippen molar-refractivity contribution in [1.82, 2.24) is 14.4 Å². The summed E-state index contributed by atoms with van der Waals surface area (Å²) in [6.45, 7) is 5.82. The number of benzene rings is 1. The van der Waals surface area contributed by atoms with Gasteiger partial charge in [0, 0.05) is 32.2 Å². The van der Waals surface area contributed by atoms with E-state index in [1.165, 1.54) is 4.31 Å². The smallest absolute Gasteiger partial charge is 0.324 e. The molecule has 1 aliphatic rings. The van der Waals surface area contributed by atoms with Crippen LogP contribution in [0.5, 0.6) is 0 Å². The molecule has 2 aromatic rings. The molecule has 1 heterocycles. The van der Waals surface area contributed by atoms with Gasteiger partial charge in [-0.25, -0.2) is 12.7 Å². The molecule has 0 spiro atoms. The van der Waals surface area contributed by atoms with Gasteiger partial charge in [-0.3, -0.25) is 0 Å². The van der Waals surface area contributed by atoms with Gasteiger partial charge in [-0.05, 0) is 52.4 Å². The average molecular weight is 421 g/mol. The Morgan fingerprint density at radius 2 is 1.69 bits per heavy atom. The Kier molecular flexibility index (Phi) is 6.33. The highest BCUT2D eigenvalue weighted by molar-refractivity contribution is 7.90. The lowest BCUT2D eigenvalue weighted by atomic mass is 9.85. The first kappa shape index (κ1) is 21.8. The number of anilines is 1. The maximum Gasteiger partial charge on any atom is 0.324 e. The van der Waals surface area contributed by atoms with E-state index in [0.29, 0.717) is 30.3 Å². The van der Waals surface area contributed by atoms with Gasteiger partial charge < -0.3 is 9.42 Å². The molecule has 1 aromatic heterocycles. The van der Waals surface area contributed by atoms with Crippen molar-refractivity contribution in [3.8, 4) is 11.4 Å². The van der Waals surface area contributed by atoms with Gasteiger partial charge in [-0.2, -0.15) is 4.98 Å². The van der Waals surface area contributed by atoms with E-state index in [0.717, 1.165) is 31.2 Å². The highest BCUT2D eigenvalue weighted by atomic mass is 32.2. The van der Waals surface area contributed by atoms with Gasteiger partial charge in [0.25, 0.3) is 0 Å². The molecule has 1 aliphatic carbocycles. The van der Waals surface area contributed by atoms with Gasteiger partial charge in [0.1, 0.15) is 0 Å². The Bertz CT molecular complexity index is 898. The third-order valence-electron chi connectivity index (χ3n) is 5.81. The molecular formula is C21H32N4O3S. The number of rotatable bonds is 6. The molecule has 0 amide bonds. The highest BCUT2D eigenvalue weighted by Crippen LogP contribution is 2.31.